The molecule has 0 saturated carbocycles. The van der Waals surface area contributed by atoms with Crippen LogP contribution in [0.15, 0.2) is 24.3 Å². The van der Waals surface area contributed by atoms with Gasteiger partial charge in [-0.1, -0.05) is 24.3 Å². The molecule has 0 heterocycles. The van der Waals surface area contributed by atoms with Gasteiger partial charge in [-0.3, -0.25) is 0 Å². The molecule has 0 bridgehead atoms. The lowest BCUT2D eigenvalue weighted by Gasteiger charge is -2.20. The second kappa shape index (κ2) is 5.13. The first-order chi connectivity index (χ1) is 6.66. The maximum absolute atomic E-state index is 9.98. The zero-order valence-electron chi connectivity index (χ0n) is 9.03. The molecule has 2 nitrogen and oxygen atoms in total. The second-order valence-electron chi connectivity index (χ2n) is 3.46. The van der Waals surface area contributed by atoms with Crippen LogP contribution in [0.5, 0.6) is 0 Å². The van der Waals surface area contributed by atoms with Crippen molar-refractivity contribution in [3.63, 3.8) is 0 Å². The minimum Gasteiger partial charge on any atom is -0.386 e. The van der Waals surface area contributed by atoms with E-state index in [1.807, 2.05) is 45.0 Å². The molecular formula is C12H18O2. The highest BCUT2D eigenvalue weighted by atomic mass is 16.5. The topological polar surface area (TPSA) is 29.5 Å². The van der Waals surface area contributed by atoms with E-state index in [0.717, 1.165) is 11.1 Å². The van der Waals surface area contributed by atoms with E-state index in [1.165, 1.54) is 0 Å². The average molecular weight is 194 g/mol. The van der Waals surface area contributed by atoms with Gasteiger partial charge in [0, 0.05) is 6.61 Å². The van der Waals surface area contributed by atoms with E-state index in [0.29, 0.717) is 6.61 Å². The van der Waals surface area contributed by atoms with Gasteiger partial charge in [0.2, 0.25) is 0 Å². The molecule has 78 valence electrons. The van der Waals surface area contributed by atoms with Crippen molar-refractivity contribution in [2.24, 2.45) is 0 Å². The third kappa shape index (κ3) is 2.56. The molecule has 0 aliphatic heterocycles. The number of ether oxygens (including phenoxy) is 1. The van der Waals surface area contributed by atoms with Crippen LogP contribution in [-0.2, 0) is 4.74 Å². The number of aryl methyl sites for hydroxylation is 1. The Bertz CT molecular complexity index is 283. The van der Waals surface area contributed by atoms with Crippen molar-refractivity contribution in [1.82, 2.24) is 0 Å². The predicted octanol–water partition coefficient (Wildman–Crippen LogP) is 2.45. The largest absolute Gasteiger partial charge is 0.386 e. The highest BCUT2D eigenvalue weighted by Crippen LogP contribution is 2.21. The molecule has 0 aromatic heterocycles. The van der Waals surface area contributed by atoms with Gasteiger partial charge < -0.3 is 9.84 Å². The highest BCUT2D eigenvalue weighted by Gasteiger charge is 2.17. The second-order valence-corrected chi connectivity index (χ2v) is 3.46. The zero-order chi connectivity index (χ0) is 10.6. The first-order valence-corrected chi connectivity index (χ1v) is 5.02. The number of benzene rings is 1. The van der Waals surface area contributed by atoms with E-state index in [2.05, 4.69) is 0 Å². The number of aliphatic hydroxyl groups is 1. The van der Waals surface area contributed by atoms with Crippen molar-refractivity contribution >= 4 is 0 Å². The van der Waals surface area contributed by atoms with Crippen LogP contribution in [-0.4, -0.2) is 17.8 Å². The van der Waals surface area contributed by atoms with Crippen molar-refractivity contribution in [3.05, 3.63) is 35.4 Å². The summed E-state index contributed by atoms with van der Waals surface area (Å²) >= 11 is 0. The average Bonchev–Trinajstić information content (AvgIpc) is 2.18. The third-order valence-corrected chi connectivity index (χ3v) is 2.38. The van der Waals surface area contributed by atoms with E-state index in [9.17, 15) is 5.11 Å². The lowest BCUT2D eigenvalue weighted by atomic mass is 10.0. The Morgan fingerprint density at radius 3 is 2.57 bits per heavy atom. The summed E-state index contributed by atoms with van der Waals surface area (Å²) in [4.78, 5) is 0. The molecule has 0 fully saturated rings. The Labute approximate surface area is 85.5 Å². The van der Waals surface area contributed by atoms with E-state index in [1.54, 1.807) is 0 Å². The summed E-state index contributed by atoms with van der Waals surface area (Å²) in [5.41, 5.74) is 2.06. The summed E-state index contributed by atoms with van der Waals surface area (Å²) in [5.74, 6) is 0. The Hall–Kier alpha value is -0.860. The number of hydrogen-bond donors (Lipinski definition) is 1. The van der Waals surface area contributed by atoms with Crippen molar-refractivity contribution in [2.75, 3.05) is 6.61 Å². The third-order valence-electron chi connectivity index (χ3n) is 2.38. The summed E-state index contributed by atoms with van der Waals surface area (Å²) in [6.07, 6.45) is -0.683. The van der Waals surface area contributed by atoms with Crippen molar-refractivity contribution in [3.8, 4) is 0 Å². The number of aliphatic hydroxyl groups excluding tert-OH is 1. The van der Waals surface area contributed by atoms with Gasteiger partial charge in [0.05, 0.1) is 6.10 Å². The molecule has 1 aromatic carbocycles. The van der Waals surface area contributed by atoms with Crippen LogP contribution in [0.1, 0.15) is 31.1 Å². The maximum Gasteiger partial charge on any atom is 0.105 e. The van der Waals surface area contributed by atoms with E-state index in [4.69, 9.17) is 4.74 Å². The molecule has 1 aromatic rings. The molecule has 0 aliphatic rings. The van der Waals surface area contributed by atoms with Crippen LogP contribution in [0.3, 0.4) is 0 Å². The van der Waals surface area contributed by atoms with Gasteiger partial charge in [-0.15, -0.1) is 0 Å². The van der Waals surface area contributed by atoms with Gasteiger partial charge in [0.25, 0.3) is 0 Å². The van der Waals surface area contributed by atoms with E-state index >= 15 is 0 Å². The van der Waals surface area contributed by atoms with E-state index < -0.39 is 6.10 Å². The summed E-state index contributed by atoms with van der Waals surface area (Å²) in [6, 6.07) is 7.84. The van der Waals surface area contributed by atoms with Gasteiger partial charge in [-0.05, 0) is 31.9 Å². The molecule has 0 spiro atoms. The molecule has 14 heavy (non-hydrogen) atoms. The first-order valence-electron chi connectivity index (χ1n) is 5.02. The fourth-order valence-electron chi connectivity index (χ4n) is 1.53. The Morgan fingerprint density at radius 2 is 2.00 bits per heavy atom. The number of hydrogen-bond acceptors (Lipinski definition) is 2. The Kier molecular flexibility index (Phi) is 4.11. The fraction of sp³-hybridized carbons (Fsp3) is 0.500. The summed E-state index contributed by atoms with van der Waals surface area (Å²) in [6.45, 7) is 6.45. The molecule has 1 N–H and O–H groups in total. The summed E-state index contributed by atoms with van der Waals surface area (Å²) in [7, 11) is 0. The molecular weight excluding hydrogens is 176 g/mol. The van der Waals surface area contributed by atoms with Gasteiger partial charge in [-0.2, -0.15) is 0 Å². The van der Waals surface area contributed by atoms with Crippen LogP contribution >= 0.6 is 0 Å². The summed E-state index contributed by atoms with van der Waals surface area (Å²) in [5, 5.41) is 9.98. The smallest absolute Gasteiger partial charge is 0.105 e. The molecule has 0 saturated heterocycles. The zero-order valence-corrected chi connectivity index (χ0v) is 9.03. The fourth-order valence-corrected chi connectivity index (χ4v) is 1.53. The van der Waals surface area contributed by atoms with Gasteiger partial charge in [-0.25, -0.2) is 0 Å². The minimum atomic E-state index is -0.531. The molecule has 0 amide bonds. The Morgan fingerprint density at radius 1 is 1.36 bits per heavy atom. The monoisotopic (exact) mass is 194 g/mol. The standard InChI is InChI=1S/C12H18O2/c1-4-14-10(3)12(13)11-8-6-5-7-9(11)2/h5-8,10,12-13H,4H2,1-3H3. The SMILES string of the molecule is CCOC(C)C(O)c1ccccc1C. The normalized spacial score (nSPS) is 15.1. The lowest BCUT2D eigenvalue weighted by molar-refractivity contribution is -0.0230. The molecule has 1 rings (SSSR count). The molecule has 2 heteroatoms. The van der Waals surface area contributed by atoms with E-state index in [-0.39, 0.29) is 6.10 Å². The van der Waals surface area contributed by atoms with Crippen LogP contribution in [0.25, 0.3) is 0 Å². The van der Waals surface area contributed by atoms with Crippen LogP contribution in [0.4, 0.5) is 0 Å². The van der Waals surface area contributed by atoms with Crippen LogP contribution < -0.4 is 0 Å². The number of rotatable bonds is 4. The molecule has 0 aliphatic carbocycles. The van der Waals surface area contributed by atoms with Gasteiger partial charge >= 0.3 is 0 Å². The molecule has 2 atom stereocenters. The van der Waals surface area contributed by atoms with Gasteiger partial charge in [0.1, 0.15) is 6.10 Å². The van der Waals surface area contributed by atoms with Crippen LogP contribution in [0, 0.1) is 6.92 Å². The molecule has 2 unspecified atom stereocenters. The lowest BCUT2D eigenvalue weighted by Crippen LogP contribution is -2.19. The maximum atomic E-state index is 9.98. The van der Waals surface area contributed by atoms with Crippen molar-refractivity contribution in [2.45, 2.75) is 33.0 Å². The highest BCUT2D eigenvalue weighted by molar-refractivity contribution is 5.28. The van der Waals surface area contributed by atoms with Gasteiger partial charge in [0.15, 0.2) is 0 Å². The quantitative estimate of drug-likeness (QED) is 0.797. The van der Waals surface area contributed by atoms with Crippen LogP contribution in [0.2, 0.25) is 0 Å². The first kappa shape index (κ1) is 11.2. The van der Waals surface area contributed by atoms with Crippen molar-refractivity contribution < 1.29 is 9.84 Å². The van der Waals surface area contributed by atoms with Crippen molar-refractivity contribution in [1.29, 1.82) is 0 Å². The summed E-state index contributed by atoms with van der Waals surface area (Å²) < 4.78 is 5.36. The Balaban J connectivity index is 2.78. The molecule has 0 radical (unpaired) electrons. The predicted molar refractivity (Wildman–Crippen MR) is 57.2 cm³/mol. The minimum absolute atomic E-state index is 0.152.